The van der Waals surface area contributed by atoms with Crippen LogP contribution < -0.4 is 10.6 Å². The van der Waals surface area contributed by atoms with Crippen molar-refractivity contribution in [2.24, 2.45) is 0 Å². The molecule has 0 unspecified atom stereocenters. The van der Waals surface area contributed by atoms with Gasteiger partial charge in [-0.05, 0) is 25.1 Å². The highest BCUT2D eigenvalue weighted by Gasteiger charge is 2.07. The van der Waals surface area contributed by atoms with E-state index in [1.807, 2.05) is 6.07 Å². The predicted octanol–water partition coefficient (Wildman–Crippen LogP) is 3.05. The fraction of sp³-hybridized carbons (Fsp3) is 0.125. The summed E-state index contributed by atoms with van der Waals surface area (Å²) in [5.41, 5.74) is 1.16. The molecule has 0 bridgehead atoms. The summed E-state index contributed by atoms with van der Waals surface area (Å²) < 4.78 is 9.70. The Morgan fingerprint density at radius 2 is 1.88 bits per heavy atom. The van der Waals surface area contributed by atoms with Gasteiger partial charge in [0.2, 0.25) is 0 Å². The van der Waals surface area contributed by atoms with Gasteiger partial charge in [-0.2, -0.15) is 0 Å². The molecule has 122 valence electrons. The highest BCUT2D eigenvalue weighted by Crippen LogP contribution is 2.20. The summed E-state index contributed by atoms with van der Waals surface area (Å²) in [6.45, 7) is 1.80. The van der Waals surface area contributed by atoms with Crippen molar-refractivity contribution in [2.75, 3.05) is 17.7 Å². The largest absolute Gasteiger partial charge is 0.465 e. The zero-order chi connectivity index (χ0) is 16.9. The quantitative estimate of drug-likeness (QED) is 0.690. The van der Waals surface area contributed by atoms with Crippen molar-refractivity contribution < 1.29 is 14.1 Å². The minimum atomic E-state index is -0.398. The summed E-state index contributed by atoms with van der Waals surface area (Å²) in [4.78, 5) is 19.9. The van der Waals surface area contributed by atoms with E-state index in [-0.39, 0.29) is 0 Å². The molecule has 2 heterocycles. The Hall–Kier alpha value is -3.42. The highest BCUT2D eigenvalue weighted by molar-refractivity contribution is 5.90. The molecule has 2 N–H and O–H groups in total. The molecule has 0 aliphatic carbocycles. The van der Waals surface area contributed by atoms with Crippen molar-refractivity contribution in [2.45, 2.75) is 6.92 Å². The molecule has 3 rings (SSSR count). The van der Waals surface area contributed by atoms with Gasteiger partial charge in [0.25, 0.3) is 0 Å². The van der Waals surface area contributed by atoms with E-state index in [0.29, 0.717) is 34.5 Å². The van der Waals surface area contributed by atoms with Crippen molar-refractivity contribution in [1.82, 2.24) is 15.1 Å². The number of anilines is 4. The molecular formula is C16H15N5O3. The highest BCUT2D eigenvalue weighted by atomic mass is 16.5. The number of esters is 1. The Bertz CT molecular complexity index is 862. The molecule has 0 radical (unpaired) electrons. The molecule has 0 saturated carbocycles. The summed E-state index contributed by atoms with van der Waals surface area (Å²) in [5, 5.41) is 9.98. The number of nitrogens with zero attached hydrogens (tertiary/aromatic N) is 3. The zero-order valence-electron chi connectivity index (χ0n) is 13.1. The first kappa shape index (κ1) is 15.5. The van der Waals surface area contributed by atoms with E-state index in [9.17, 15) is 4.79 Å². The number of methoxy groups -OCH3 is 1. The van der Waals surface area contributed by atoms with Gasteiger partial charge in [-0.15, -0.1) is 0 Å². The van der Waals surface area contributed by atoms with E-state index in [1.54, 1.807) is 37.3 Å². The summed E-state index contributed by atoms with van der Waals surface area (Å²) in [6, 6.07) is 10.4. The number of hydrogen-bond acceptors (Lipinski definition) is 8. The van der Waals surface area contributed by atoms with Crippen LogP contribution in [0.3, 0.4) is 0 Å². The van der Waals surface area contributed by atoms with Gasteiger partial charge in [0.05, 0.1) is 12.7 Å². The third kappa shape index (κ3) is 3.67. The van der Waals surface area contributed by atoms with Crippen molar-refractivity contribution >= 4 is 29.1 Å². The van der Waals surface area contributed by atoms with Gasteiger partial charge in [-0.1, -0.05) is 11.2 Å². The molecule has 0 amide bonds. The van der Waals surface area contributed by atoms with E-state index in [1.165, 1.54) is 13.4 Å². The molecule has 8 nitrogen and oxygen atoms in total. The van der Waals surface area contributed by atoms with E-state index in [0.717, 1.165) is 0 Å². The van der Waals surface area contributed by atoms with Crippen LogP contribution in [-0.2, 0) is 4.74 Å². The standard InChI is InChI=1S/C16H15N5O3/c1-10-6-15(21-24-10)20-14-8-13(17-9-18-14)19-12-5-3-4-11(7-12)16(22)23-2/h3-9H,1-2H3,(H2,17,18,19,20,21). The van der Waals surface area contributed by atoms with Gasteiger partial charge in [-0.3, -0.25) is 0 Å². The Morgan fingerprint density at radius 3 is 2.58 bits per heavy atom. The molecule has 2 aromatic heterocycles. The van der Waals surface area contributed by atoms with Gasteiger partial charge < -0.3 is 19.9 Å². The van der Waals surface area contributed by atoms with Gasteiger partial charge >= 0.3 is 5.97 Å². The summed E-state index contributed by atoms with van der Waals surface area (Å²) in [6.07, 6.45) is 1.42. The lowest BCUT2D eigenvalue weighted by molar-refractivity contribution is 0.0601. The van der Waals surface area contributed by atoms with E-state index >= 15 is 0 Å². The molecule has 0 saturated heterocycles. The third-order valence-electron chi connectivity index (χ3n) is 3.11. The SMILES string of the molecule is COC(=O)c1cccc(Nc2cc(Nc3cc(C)on3)ncn2)c1. The van der Waals surface area contributed by atoms with Crippen LogP contribution in [-0.4, -0.2) is 28.2 Å². The topological polar surface area (TPSA) is 102 Å². The Morgan fingerprint density at radius 1 is 1.08 bits per heavy atom. The average molecular weight is 325 g/mol. The van der Waals surface area contributed by atoms with Crippen LogP contribution in [0.5, 0.6) is 0 Å². The zero-order valence-corrected chi connectivity index (χ0v) is 13.1. The maximum absolute atomic E-state index is 11.6. The fourth-order valence-corrected chi connectivity index (χ4v) is 2.04. The van der Waals surface area contributed by atoms with Crippen LogP contribution in [0.15, 0.2) is 47.2 Å². The first-order valence-electron chi connectivity index (χ1n) is 7.12. The van der Waals surface area contributed by atoms with Crippen molar-refractivity contribution in [3.8, 4) is 0 Å². The smallest absolute Gasteiger partial charge is 0.337 e. The predicted molar refractivity (Wildman–Crippen MR) is 87.6 cm³/mol. The average Bonchev–Trinajstić information content (AvgIpc) is 2.99. The molecule has 1 aromatic carbocycles. The summed E-state index contributed by atoms with van der Waals surface area (Å²) >= 11 is 0. The lowest BCUT2D eigenvalue weighted by Gasteiger charge is -2.08. The van der Waals surface area contributed by atoms with E-state index < -0.39 is 5.97 Å². The maximum atomic E-state index is 11.6. The maximum Gasteiger partial charge on any atom is 0.337 e. The molecule has 0 spiro atoms. The molecule has 0 atom stereocenters. The first-order valence-corrected chi connectivity index (χ1v) is 7.12. The minimum Gasteiger partial charge on any atom is -0.465 e. The lowest BCUT2D eigenvalue weighted by Crippen LogP contribution is -2.02. The molecule has 3 aromatic rings. The second-order valence-electron chi connectivity index (χ2n) is 4.93. The van der Waals surface area contributed by atoms with Crippen LogP contribution in [0.4, 0.5) is 23.1 Å². The monoisotopic (exact) mass is 325 g/mol. The number of ether oxygens (including phenoxy) is 1. The second-order valence-corrected chi connectivity index (χ2v) is 4.93. The van der Waals surface area contributed by atoms with Gasteiger partial charge in [-0.25, -0.2) is 14.8 Å². The van der Waals surface area contributed by atoms with Crippen molar-refractivity contribution in [3.63, 3.8) is 0 Å². The normalized spacial score (nSPS) is 10.2. The van der Waals surface area contributed by atoms with Crippen LogP contribution in [0.1, 0.15) is 16.1 Å². The summed E-state index contributed by atoms with van der Waals surface area (Å²) in [5.74, 6) is 1.99. The van der Waals surface area contributed by atoms with Crippen LogP contribution in [0.25, 0.3) is 0 Å². The molecule has 0 fully saturated rings. The number of benzene rings is 1. The van der Waals surface area contributed by atoms with Crippen LogP contribution in [0, 0.1) is 6.92 Å². The number of hydrogen-bond donors (Lipinski definition) is 2. The third-order valence-corrected chi connectivity index (χ3v) is 3.11. The number of carbonyl (C=O) groups is 1. The number of rotatable bonds is 5. The molecule has 0 aliphatic heterocycles. The fourth-order valence-electron chi connectivity index (χ4n) is 2.04. The van der Waals surface area contributed by atoms with Crippen LogP contribution in [0.2, 0.25) is 0 Å². The van der Waals surface area contributed by atoms with Gasteiger partial charge in [0.15, 0.2) is 5.82 Å². The van der Waals surface area contributed by atoms with Crippen molar-refractivity contribution in [3.05, 3.63) is 54.0 Å². The summed E-state index contributed by atoms with van der Waals surface area (Å²) in [7, 11) is 1.34. The van der Waals surface area contributed by atoms with Crippen molar-refractivity contribution in [1.29, 1.82) is 0 Å². The van der Waals surface area contributed by atoms with E-state index in [2.05, 4.69) is 25.8 Å². The number of aryl methyl sites for hydroxylation is 1. The minimum absolute atomic E-state index is 0.398. The number of aromatic nitrogens is 3. The van der Waals surface area contributed by atoms with Crippen LogP contribution >= 0.6 is 0 Å². The molecule has 8 heteroatoms. The van der Waals surface area contributed by atoms with Gasteiger partial charge in [0, 0.05) is 17.8 Å². The van der Waals surface area contributed by atoms with Gasteiger partial charge in [0.1, 0.15) is 23.7 Å². The number of nitrogens with one attached hydrogen (secondary N) is 2. The van der Waals surface area contributed by atoms with E-state index in [4.69, 9.17) is 9.26 Å². The molecule has 24 heavy (non-hydrogen) atoms. The lowest BCUT2D eigenvalue weighted by atomic mass is 10.2. The molecule has 0 aliphatic rings. The Labute approximate surface area is 137 Å². The molecular weight excluding hydrogens is 310 g/mol. The Kier molecular flexibility index (Phi) is 4.37. The number of carbonyl (C=O) groups excluding carboxylic acids is 1. The second kappa shape index (κ2) is 6.78. The first-order chi connectivity index (χ1) is 11.6. The Balaban J connectivity index is 1.76.